The van der Waals surface area contributed by atoms with Gasteiger partial charge in [0.2, 0.25) is 10.0 Å². The molecular weight excluding hydrogens is 464 g/mol. The van der Waals surface area contributed by atoms with Crippen molar-refractivity contribution in [2.45, 2.75) is 44.2 Å². The second-order valence-corrected chi connectivity index (χ2v) is 10.9. The van der Waals surface area contributed by atoms with Crippen molar-refractivity contribution in [1.29, 1.82) is 0 Å². The molecule has 0 radical (unpaired) electrons. The monoisotopic (exact) mass is 494 g/mol. The van der Waals surface area contributed by atoms with Crippen LogP contribution in [0.4, 0.5) is 5.69 Å². The first kappa shape index (κ1) is 24.7. The Morgan fingerprint density at radius 3 is 2.43 bits per heavy atom. The highest BCUT2D eigenvalue weighted by Gasteiger charge is 2.34. The largest absolute Gasteiger partial charge is 0.467 e. The fraction of sp³-hybridized carbons (Fsp3) is 0.308. The lowest BCUT2D eigenvalue weighted by atomic mass is 10.0. The second kappa shape index (κ2) is 10.1. The Morgan fingerprint density at radius 1 is 1.14 bits per heavy atom. The third-order valence-electron chi connectivity index (χ3n) is 6.12. The van der Waals surface area contributed by atoms with Crippen molar-refractivity contribution in [3.8, 4) is 0 Å². The van der Waals surface area contributed by atoms with E-state index in [-0.39, 0.29) is 29.4 Å². The quantitative estimate of drug-likeness (QED) is 0.501. The van der Waals surface area contributed by atoms with Crippen LogP contribution < -0.4 is 5.32 Å². The fourth-order valence-electron chi connectivity index (χ4n) is 3.81. The lowest BCUT2D eigenvalue weighted by Crippen LogP contribution is -2.33. The molecule has 2 heterocycles. The van der Waals surface area contributed by atoms with Crippen molar-refractivity contribution in [3.63, 3.8) is 0 Å². The Morgan fingerprint density at radius 2 is 1.83 bits per heavy atom. The Hall–Kier alpha value is -3.43. The molecule has 4 rings (SSSR count). The number of hydrazone groups is 1. The van der Waals surface area contributed by atoms with Crippen LogP contribution in [0.25, 0.3) is 0 Å². The lowest BCUT2D eigenvalue weighted by molar-refractivity contribution is -0.131. The van der Waals surface area contributed by atoms with Crippen molar-refractivity contribution in [1.82, 2.24) is 9.31 Å². The molecule has 3 aromatic rings. The lowest BCUT2D eigenvalue weighted by Gasteiger charge is -2.21. The average molecular weight is 495 g/mol. The van der Waals surface area contributed by atoms with Gasteiger partial charge in [-0.1, -0.05) is 29.8 Å². The van der Waals surface area contributed by atoms with Gasteiger partial charge in [0.1, 0.15) is 11.8 Å². The van der Waals surface area contributed by atoms with Crippen molar-refractivity contribution in [3.05, 3.63) is 83.8 Å². The summed E-state index contributed by atoms with van der Waals surface area (Å²) in [4.78, 5) is 13.4. The molecule has 1 amide bonds. The molecule has 1 aliphatic heterocycles. The van der Waals surface area contributed by atoms with E-state index in [1.54, 1.807) is 31.5 Å². The summed E-state index contributed by atoms with van der Waals surface area (Å²) >= 11 is 0. The number of rotatable bonds is 8. The number of aryl methyl sites for hydroxylation is 1. The number of hydrogen-bond donors (Lipinski definition) is 1. The molecular formula is C26H30N4O4S. The number of nitrogens with one attached hydrogen (secondary N) is 1. The van der Waals surface area contributed by atoms with Gasteiger partial charge < -0.3 is 9.73 Å². The number of nitrogens with zero attached hydrogens (tertiary/aromatic N) is 3. The molecule has 1 N–H and O–H groups in total. The molecule has 0 saturated heterocycles. The van der Waals surface area contributed by atoms with Crippen molar-refractivity contribution in [2.75, 3.05) is 18.9 Å². The van der Waals surface area contributed by atoms with Crippen LogP contribution >= 0.6 is 0 Å². The van der Waals surface area contributed by atoms with Gasteiger partial charge in [0, 0.05) is 25.2 Å². The molecule has 0 bridgehead atoms. The second-order valence-electron chi connectivity index (χ2n) is 8.88. The molecule has 1 unspecified atom stereocenters. The average Bonchev–Trinajstić information content (AvgIpc) is 3.53. The number of benzene rings is 2. The van der Waals surface area contributed by atoms with E-state index in [0.717, 1.165) is 16.8 Å². The van der Waals surface area contributed by atoms with Gasteiger partial charge in [-0.2, -0.15) is 9.41 Å². The first-order valence-corrected chi connectivity index (χ1v) is 12.9. The zero-order valence-corrected chi connectivity index (χ0v) is 21.1. The van der Waals surface area contributed by atoms with E-state index in [0.29, 0.717) is 17.9 Å². The number of amides is 1. The Bertz CT molecular complexity index is 1300. The van der Waals surface area contributed by atoms with E-state index in [1.165, 1.54) is 21.4 Å². The molecule has 1 aromatic heterocycles. The molecule has 1 atom stereocenters. The highest BCUT2D eigenvalue weighted by Crippen LogP contribution is 2.33. The number of sulfonamides is 1. The number of carbonyl (C=O) groups excluding carboxylic acids is 1. The van der Waals surface area contributed by atoms with Crippen LogP contribution in [0.3, 0.4) is 0 Å². The molecule has 0 saturated carbocycles. The minimum absolute atomic E-state index is 0.000119. The van der Waals surface area contributed by atoms with Gasteiger partial charge in [-0.05, 0) is 62.7 Å². The van der Waals surface area contributed by atoms with E-state index in [9.17, 15) is 13.2 Å². The molecule has 184 valence electrons. The number of anilines is 1. The number of carbonyl (C=O) groups is 1. The van der Waals surface area contributed by atoms with Crippen LogP contribution in [-0.2, 0) is 14.8 Å². The van der Waals surface area contributed by atoms with Crippen LogP contribution in [-0.4, -0.2) is 49.0 Å². The van der Waals surface area contributed by atoms with Gasteiger partial charge in [-0.3, -0.25) is 4.79 Å². The Labute approximate surface area is 206 Å². The van der Waals surface area contributed by atoms with E-state index >= 15 is 0 Å². The third-order valence-corrected chi connectivity index (χ3v) is 8.17. The SMILES string of the molecule is Cc1ccc(C2=NN(C(=O)CNc3ccc(S(=O)(=O)N(C)C(C)C)cc3)C(c3ccco3)C2)cc1. The molecule has 0 aliphatic carbocycles. The molecule has 0 spiro atoms. The van der Waals surface area contributed by atoms with Gasteiger partial charge >= 0.3 is 0 Å². The highest BCUT2D eigenvalue weighted by molar-refractivity contribution is 7.89. The smallest absolute Gasteiger partial charge is 0.262 e. The third kappa shape index (κ3) is 5.31. The zero-order chi connectivity index (χ0) is 25.2. The van der Waals surface area contributed by atoms with E-state index in [2.05, 4.69) is 10.4 Å². The van der Waals surface area contributed by atoms with Gasteiger partial charge in [-0.15, -0.1) is 0 Å². The Balaban J connectivity index is 1.48. The molecule has 35 heavy (non-hydrogen) atoms. The predicted molar refractivity (Wildman–Crippen MR) is 136 cm³/mol. The van der Waals surface area contributed by atoms with Gasteiger partial charge in [-0.25, -0.2) is 13.4 Å². The summed E-state index contributed by atoms with van der Waals surface area (Å²) in [7, 11) is -2.01. The molecule has 9 heteroatoms. The van der Waals surface area contributed by atoms with E-state index in [4.69, 9.17) is 4.42 Å². The maximum atomic E-state index is 13.2. The summed E-state index contributed by atoms with van der Waals surface area (Å²) < 4.78 is 32.2. The van der Waals surface area contributed by atoms with Crippen LogP contribution in [0, 0.1) is 6.92 Å². The molecule has 2 aromatic carbocycles. The summed E-state index contributed by atoms with van der Waals surface area (Å²) in [6, 6.07) is 17.6. The summed E-state index contributed by atoms with van der Waals surface area (Å²) in [5.41, 5.74) is 3.59. The molecule has 0 fully saturated rings. The normalized spacial score (nSPS) is 16.1. The van der Waals surface area contributed by atoms with Crippen LogP contribution in [0.15, 0.2) is 81.3 Å². The minimum Gasteiger partial charge on any atom is -0.467 e. The van der Waals surface area contributed by atoms with Gasteiger partial charge in [0.25, 0.3) is 5.91 Å². The number of furan rings is 1. The molecule has 1 aliphatic rings. The van der Waals surface area contributed by atoms with Crippen molar-refractivity contribution < 1.29 is 17.6 Å². The summed E-state index contributed by atoms with van der Waals surface area (Å²) in [5, 5.41) is 9.19. The fourth-order valence-corrected chi connectivity index (χ4v) is 5.18. The van der Waals surface area contributed by atoms with Crippen LogP contribution in [0.2, 0.25) is 0 Å². The summed E-state index contributed by atoms with van der Waals surface area (Å²) in [6.07, 6.45) is 2.14. The molecule has 8 nitrogen and oxygen atoms in total. The maximum absolute atomic E-state index is 13.2. The van der Waals surface area contributed by atoms with E-state index in [1.807, 2.05) is 51.1 Å². The summed E-state index contributed by atoms with van der Waals surface area (Å²) in [5.74, 6) is 0.456. The predicted octanol–water partition coefficient (Wildman–Crippen LogP) is 4.41. The first-order valence-electron chi connectivity index (χ1n) is 11.5. The van der Waals surface area contributed by atoms with E-state index < -0.39 is 10.0 Å². The Kier molecular flexibility index (Phi) is 7.09. The zero-order valence-electron chi connectivity index (χ0n) is 20.3. The maximum Gasteiger partial charge on any atom is 0.262 e. The first-order chi connectivity index (χ1) is 16.7. The minimum atomic E-state index is -3.56. The van der Waals surface area contributed by atoms with Gasteiger partial charge in [0.05, 0.1) is 23.4 Å². The van der Waals surface area contributed by atoms with Crippen molar-refractivity contribution >= 4 is 27.3 Å². The van der Waals surface area contributed by atoms with Crippen LogP contribution in [0.5, 0.6) is 0 Å². The van der Waals surface area contributed by atoms with Gasteiger partial charge in [0.15, 0.2) is 0 Å². The van der Waals surface area contributed by atoms with Crippen LogP contribution in [0.1, 0.15) is 43.2 Å². The topological polar surface area (TPSA) is 95.2 Å². The standard InChI is InChI=1S/C26H30N4O4S/c1-18(2)29(4)35(32,33)22-13-11-21(12-14-22)27-17-26(31)30-24(25-6-5-15-34-25)16-23(28-30)20-9-7-19(3)8-10-20/h5-15,18,24,27H,16-17H2,1-4H3. The number of hydrogen-bond acceptors (Lipinski definition) is 6. The summed E-state index contributed by atoms with van der Waals surface area (Å²) in [6.45, 7) is 5.66. The highest BCUT2D eigenvalue weighted by atomic mass is 32.2. The van der Waals surface area contributed by atoms with Crippen molar-refractivity contribution in [2.24, 2.45) is 5.10 Å².